The molecule has 0 aliphatic carbocycles. The number of pyridine rings is 3. The molecule has 13 nitrogen and oxygen atoms in total. The lowest BCUT2D eigenvalue weighted by molar-refractivity contribution is 0.0984. The van der Waals surface area contributed by atoms with Crippen molar-refractivity contribution in [3.8, 4) is 5.88 Å². The average Bonchev–Trinajstić information content (AvgIpc) is 3.57. The van der Waals surface area contributed by atoms with E-state index in [2.05, 4.69) is 15.0 Å². The van der Waals surface area contributed by atoms with Gasteiger partial charge in [-0.25, -0.2) is 28.1 Å². The summed E-state index contributed by atoms with van der Waals surface area (Å²) in [6.45, 7) is 3.96. The van der Waals surface area contributed by atoms with Gasteiger partial charge in [0.1, 0.15) is 24.1 Å². The molecule has 21 heteroatoms. The van der Waals surface area contributed by atoms with Crippen LogP contribution in [-0.2, 0) is 37.4 Å². The summed E-state index contributed by atoms with van der Waals surface area (Å²) in [6.07, 6.45) is 5.03. The molecule has 0 spiro atoms. The molecule has 0 amide bonds. The van der Waals surface area contributed by atoms with Crippen molar-refractivity contribution in [2.75, 3.05) is 0 Å². The van der Waals surface area contributed by atoms with Crippen LogP contribution in [0.25, 0.3) is 0 Å². The van der Waals surface area contributed by atoms with Crippen LogP contribution in [-0.4, -0.2) is 83.8 Å². The molecule has 3 heterocycles. The number of benzene rings is 6. The minimum Gasteiger partial charge on any atom is -0.473 e. The van der Waals surface area contributed by atoms with E-state index in [0.29, 0.717) is 56.0 Å². The Balaban J connectivity index is 0.000000179. The fourth-order valence-corrected chi connectivity index (χ4v) is 9.86. The molecule has 6 N–H and O–H groups in total. The van der Waals surface area contributed by atoms with Gasteiger partial charge in [0.2, 0.25) is 5.88 Å². The van der Waals surface area contributed by atoms with Gasteiger partial charge in [0.25, 0.3) is 0 Å². The zero-order valence-corrected chi connectivity index (χ0v) is 46.6. The number of aryl methyl sites for hydroxylation is 2. The molecule has 0 atom stereocenters. The first-order valence-corrected chi connectivity index (χ1v) is 27.8. The Kier molecular flexibility index (Phi) is 23.3. The van der Waals surface area contributed by atoms with Gasteiger partial charge in [0, 0.05) is 72.1 Å². The maximum absolute atomic E-state index is 13.0. The number of halogens is 3. The molecule has 0 fully saturated rings. The molecule has 0 unspecified atom stereocenters. The van der Waals surface area contributed by atoms with Crippen LogP contribution < -0.4 is 21.1 Å². The fraction of sp³-hybridized carbons (Fsp3) is 0.129. The van der Waals surface area contributed by atoms with Crippen LogP contribution in [0.5, 0.6) is 5.88 Å². The van der Waals surface area contributed by atoms with Gasteiger partial charge in [-0.2, -0.15) is 0 Å². The summed E-state index contributed by atoms with van der Waals surface area (Å²) in [6, 6.07) is 45.5. The Morgan fingerprint density at radius 1 is 0.434 bits per heavy atom. The second-order valence-electron chi connectivity index (χ2n) is 18.9. The molecule has 6 aromatic carbocycles. The molecule has 0 bridgehead atoms. The van der Waals surface area contributed by atoms with E-state index in [1.807, 2.05) is 44.2 Å². The lowest BCUT2D eigenvalue weighted by Gasteiger charge is -2.11. The first kappa shape index (κ1) is 62.6. The summed E-state index contributed by atoms with van der Waals surface area (Å²) in [5, 5.41) is 58.2. The van der Waals surface area contributed by atoms with Crippen LogP contribution in [0.3, 0.4) is 0 Å². The quantitative estimate of drug-likeness (QED) is 0.0230. The number of hydrogen-bond acceptors (Lipinski definition) is 15. The van der Waals surface area contributed by atoms with Crippen molar-refractivity contribution in [3.63, 3.8) is 0 Å². The lowest BCUT2D eigenvalue weighted by atomic mass is 9.76. The topological polar surface area (TPSA) is 220 Å². The highest BCUT2D eigenvalue weighted by molar-refractivity contribution is 7.98. The molecule has 9 rings (SSSR count). The van der Waals surface area contributed by atoms with Gasteiger partial charge >= 0.3 is 21.4 Å². The van der Waals surface area contributed by atoms with Crippen molar-refractivity contribution < 1.29 is 62.4 Å². The molecule has 3 aromatic heterocycles. The minimum atomic E-state index is -1.58. The number of Topliss-reactive ketones (excluding diaryl/α,β-unsaturated/α-hetero) is 3. The van der Waals surface area contributed by atoms with E-state index in [1.54, 1.807) is 103 Å². The molecule has 420 valence electrons. The van der Waals surface area contributed by atoms with Crippen LogP contribution in [0.15, 0.2) is 199 Å². The van der Waals surface area contributed by atoms with Gasteiger partial charge in [0.05, 0.1) is 10.1 Å². The third kappa shape index (κ3) is 19.6. The average molecular weight is 1160 g/mol. The summed E-state index contributed by atoms with van der Waals surface area (Å²) in [5.41, 5.74) is 9.26. The van der Waals surface area contributed by atoms with Crippen molar-refractivity contribution in [1.82, 2.24) is 15.0 Å². The third-order valence-corrected chi connectivity index (χ3v) is 14.6. The monoisotopic (exact) mass is 1160 g/mol. The summed E-state index contributed by atoms with van der Waals surface area (Å²) < 4.78 is 44.4. The Labute approximate surface area is 487 Å². The van der Waals surface area contributed by atoms with E-state index in [4.69, 9.17) is 4.74 Å². The highest BCUT2D eigenvalue weighted by atomic mass is 32.2. The smallest absolute Gasteiger partial charge is 0.473 e. The Bertz CT molecular complexity index is 3430. The first-order chi connectivity index (χ1) is 39.9. The summed E-state index contributed by atoms with van der Waals surface area (Å²) in [4.78, 5) is 49.7. The normalized spacial score (nSPS) is 10.6. The molecule has 83 heavy (non-hydrogen) atoms. The van der Waals surface area contributed by atoms with Crippen LogP contribution in [0.1, 0.15) is 75.6 Å². The second kappa shape index (κ2) is 30.9. The van der Waals surface area contributed by atoms with Crippen LogP contribution in [0.2, 0.25) is 0 Å². The summed E-state index contributed by atoms with van der Waals surface area (Å²) >= 11 is 2.90. The number of carbonyl (C=O) groups is 3. The number of nitrogens with zero attached hydrogens (tertiary/aromatic N) is 3. The van der Waals surface area contributed by atoms with E-state index in [-0.39, 0.29) is 60.7 Å². The van der Waals surface area contributed by atoms with E-state index in [1.165, 1.54) is 78.5 Å². The highest BCUT2D eigenvalue weighted by Crippen LogP contribution is 2.23. The molecular weight excluding hydrogens is 1100 g/mol. The Morgan fingerprint density at radius 2 is 0.807 bits per heavy atom. The Morgan fingerprint density at radius 3 is 1.20 bits per heavy atom. The number of rotatable bonds is 21. The molecule has 0 saturated carbocycles. The summed E-state index contributed by atoms with van der Waals surface area (Å²) in [5.74, 6) is 0.0838. The predicted molar refractivity (Wildman–Crippen MR) is 318 cm³/mol. The van der Waals surface area contributed by atoms with Gasteiger partial charge < -0.3 is 34.9 Å². The Hall–Kier alpha value is -7.98. The fourth-order valence-electron chi connectivity index (χ4n) is 8.16. The minimum absolute atomic E-state index is 0.0833. The van der Waals surface area contributed by atoms with E-state index < -0.39 is 21.4 Å². The van der Waals surface area contributed by atoms with Crippen molar-refractivity contribution in [2.24, 2.45) is 0 Å². The van der Waals surface area contributed by atoms with Crippen LogP contribution >= 0.6 is 23.5 Å². The number of ketones is 3. The third-order valence-electron chi connectivity index (χ3n) is 12.6. The summed E-state index contributed by atoms with van der Waals surface area (Å²) in [7, 11) is -4.62. The van der Waals surface area contributed by atoms with Crippen molar-refractivity contribution >= 4 is 78.6 Å². The molecule has 0 aliphatic heterocycles. The zero-order valence-electron chi connectivity index (χ0n) is 45.0. The molecule has 9 aromatic rings. The van der Waals surface area contributed by atoms with E-state index in [0.717, 1.165) is 49.0 Å². The number of carbonyl (C=O) groups excluding carboxylic acids is 3. The van der Waals surface area contributed by atoms with Gasteiger partial charge in [-0.1, -0.05) is 108 Å². The number of hydrogen-bond donors (Lipinski definition) is 6. The number of thioether (sulfide) groups is 2. The SMILES string of the molecule is Cc1ccc(B(O)O)c(COc2ccc(C(=O)Cc3ccc(F)cc3)cn2)c1.Cc1ccc(B(O)O)c(CSc2ccc(C(=O)Cc3ccc(F)cc3)cn2)c1.O=C(Cc1ccc(F)cc1)c1ccc(SCc2ccccc2B(O)O)nc1. The number of aromatic nitrogens is 3. The standard InChI is InChI=1S/C21H19BFNO4.C21H19BFNO3S.C20H17BFNO3S/c2*1-14-2-8-19(22(26)27)17(10-14)13-28-21-9-5-16(12-24-21)20(25)11-15-3-6-18(23)7-4-15;22-17-8-5-14(6-9-17)11-19(24)15-7-10-20(23-12-15)27-13-16-3-1-2-4-18(16)21(25)26/h2*2-10,12,26-27H,11,13H2,1H3;1-10,12,25-26H,11,13H2. The van der Waals surface area contributed by atoms with Crippen LogP contribution in [0.4, 0.5) is 13.2 Å². The van der Waals surface area contributed by atoms with Crippen molar-refractivity contribution in [1.29, 1.82) is 0 Å². The highest BCUT2D eigenvalue weighted by Gasteiger charge is 2.19. The van der Waals surface area contributed by atoms with Gasteiger partial charge in [-0.3, -0.25) is 14.4 Å². The van der Waals surface area contributed by atoms with Gasteiger partial charge in [-0.15, -0.1) is 23.5 Å². The molecule has 0 radical (unpaired) electrons. The lowest BCUT2D eigenvalue weighted by Crippen LogP contribution is -2.33. The van der Waals surface area contributed by atoms with Crippen LogP contribution in [0, 0.1) is 31.3 Å². The maximum atomic E-state index is 13.0. The second-order valence-corrected chi connectivity index (χ2v) is 20.9. The molecular formula is C62H55B3F3N3O10S2. The first-order valence-electron chi connectivity index (χ1n) is 25.8. The maximum Gasteiger partial charge on any atom is 0.488 e. The largest absolute Gasteiger partial charge is 0.488 e. The van der Waals surface area contributed by atoms with Gasteiger partial charge in [0.15, 0.2) is 17.3 Å². The predicted octanol–water partition coefficient (Wildman–Crippen LogP) is 7.76. The molecule has 0 saturated heterocycles. The van der Waals surface area contributed by atoms with E-state index >= 15 is 0 Å². The van der Waals surface area contributed by atoms with E-state index in [9.17, 15) is 57.7 Å². The zero-order chi connectivity index (χ0) is 59.4. The van der Waals surface area contributed by atoms with Crippen molar-refractivity contribution in [3.05, 3.63) is 267 Å². The van der Waals surface area contributed by atoms with Gasteiger partial charge in [-0.05, 0) is 130 Å². The van der Waals surface area contributed by atoms with Crippen molar-refractivity contribution in [2.45, 2.75) is 61.3 Å². The number of ether oxygens (including phenoxy) is 1. The molecule has 0 aliphatic rings.